The van der Waals surface area contributed by atoms with E-state index in [2.05, 4.69) is 10.6 Å². The Morgan fingerprint density at radius 1 is 0.893 bits per heavy atom. The van der Waals surface area contributed by atoms with Gasteiger partial charge in [-0.05, 0) is 42.0 Å². The quantitative estimate of drug-likeness (QED) is 0.652. The predicted molar refractivity (Wildman–Crippen MR) is 105 cm³/mol. The van der Waals surface area contributed by atoms with Crippen molar-refractivity contribution in [1.29, 1.82) is 0 Å². The number of carbonyl (C=O) groups is 2. The van der Waals surface area contributed by atoms with Gasteiger partial charge in [0.2, 0.25) is 5.91 Å². The Bertz CT molecular complexity index is 949. The molecule has 2 amide bonds. The Labute approximate surface area is 162 Å². The van der Waals surface area contributed by atoms with Crippen LogP contribution in [-0.2, 0) is 11.2 Å². The van der Waals surface area contributed by atoms with Gasteiger partial charge in [0.25, 0.3) is 5.91 Å². The number of anilines is 2. The molecular weight excluding hydrogens is 360 g/mol. The Balaban J connectivity index is 1.74. The van der Waals surface area contributed by atoms with Crippen LogP contribution in [0.15, 0.2) is 65.3 Å². The van der Waals surface area contributed by atoms with Crippen LogP contribution in [0, 0.1) is 0 Å². The number of nitrogens with one attached hydrogen (secondary N) is 2. The van der Waals surface area contributed by atoms with Crippen molar-refractivity contribution in [1.82, 2.24) is 0 Å². The zero-order valence-corrected chi connectivity index (χ0v) is 15.5. The molecule has 0 aliphatic carbocycles. The summed E-state index contributed by atoms with van der Waals surface area (Å²) in [5.41, 5.74) is 1.70. The van der Waals surface area contributed by atoms with Gasteiger partial charge in [0, 0.05) is 6.07 Å². The average molecular weight is 380 g/mol. The number of furan rings is 1. The van der Waals surface area contributed by atoms with Crippen molar-refractivity contribution in [3.63, 3.8) is 0 Å². The van der Waals surface area contributed by atoms with Gasteiger partial charge in [-0.15, -0.1) is 0 Å². The van der Waals surface area contributed by atoms with Gasteiger partial charge in [-0.1, -0.05) is 12.1 Å². The average Bonchev–Trinajstić information content (AvgIpc) is 3.25. The van der Waals surface area contributed by atoms with E-state index in [0.717, 1.165) is 11.3 Å². The molecule has 1 heterocycles. The largest absolute Gasteiger partial charge is 0.497 e. The van der Waals surface area contributed by atoms with E-state index >= 15 is 0 Å². The number of benzene rings is 2. The monoisotopic (exact) mass is 380 g/mol. The van der Waals surface area contributed by atoms with E-state index in [4.69, 9.17) is 13.9 Å². The fraction of sp³-hybridized carbons (Fsp3) is 0.143. The molecule has 2 N–H and O–H groups in total. The second kappa shape index (κ2) is 8.77. The van der Waals surface area contributed by atoms with Crippen molar-refractivity contribution in [3.05, 3.63) is 72.2 Å². The van der Waals surface area contributed by atoms with Crippen LogP contribution in [0.25, 0.3) is 0 Å². The molecule has 144 valence electrons. The van der Waals surface area contributed by atoms with Gasteiger partial charge in [0.1, 0.15) is 11.5 Å². The fourth-order valence-electron chi connectivity index (χ4n) is 2.58. The van der Waals surface area contributed by atoms with Crippen LogP contribution < -0.4 is 20.1 Å². The van der Waals surface area contributed by atoms with Crippen LogP contribution in [0.2, 0.25) is 0 Å². The van der Waals surface area contributed by atoms with Gasteiger partial charge < -0.3 is 24.5 Å². The summed E-state index contributed by atoms with van der Waals surface area (Å²) in [6.45, 7) is 0. The summed E-state index contributed by atoms with van der Waals surface area (Å²) in [7, 11) is 3.11. The third kappa shape index (κ3) is 4.70. The molecular formula is C21H20N2O5. The van der Waals surface area contributed by atoms with Gasteiger partial charge in [-0.3, -0.25) is 9.59 Å². The van der Waals surface area contributed by atoms with Crippen molar-refractivity contribution in [2.45, 2.75) is 6.42 Å². The molecule has 0 fully saturated rings. The summed E-state index contributed by atoms with van der Waals surface area (Å²) >= 11 is 0. The summed E-state index contributed by atoms with van der Waals surface area (Å²) in [6.07, 6.45) is 1.59. The molecule has 1 aromatic heterocycles. The highest BCUT2D eigenvalue weighted by molar-refractivity contribution is 6.06. The van der Waals surface area contributed by atoms with Gasteiger partial charge in [-0.2, -0.15) is 0 Å². The summed E-state index contributed by atoms with van der Waals surface area (Å²) in [4.78, 5) is 24.7. The first-order valence-corrected chi connectivity index (χ1v) is 8.54. The van der Waals surface area contributed by atoms with Gasteiger partial charge >= 0.3 is 0 Å². The van der Waals surface area contributed by atoms with E-state index in [1.54, 1.807) is 49.6 Å². The predicted octanol–water partition coefficient (Wildman–Crippen LogP) is 3.73. The zero-order chi connectivity index (χ0) is 19.9. The van der Waals surface area contributed by atoms with E-state index in [1.165, 1.54) is 13.4 Å². The molecule has 0 bridgehead atoms. The van der Waals surface area contributed by atoms with E-state index in [1.807, 2.05) is 12.1 Å². The molecule has 7 heteroatoms. The molecule has 28 heavy (non-hydrogen) atoms. The lowest BCUT2D eigenvalue weighted by Crippen LogP contribution is -2.18. The number of amides is 2. The number of hydrogen-bond donors (Lipinski definition) is 2. The Hall–Kier alpha value is -3.74. The maximum Gasteiger partial charge on any atom is 0.291 e. The summed E-state index contributed by atoms with van der Waals surface area (Å²) in [6, 6.07) is 15.4. The lowest BCUT2D eigenvalue weighted by Gasteiger charge is -2.13. The number of hydrogen-bond acceptors (Lipinski definition) is 5. The van der Waals surface area contributed by atoms with Crippen LogP contribution in [0.3, 0.4) is 0 Å². The lowest BCUT2D eigenvalue weighted by atomic mass is 10.1. The van der Waals surface area contributed by atoms with Crippen LogP contribution >= 0.6 is 0 Å². The standard InChI is InChI=1S/C21H20N2O5/c1-26-15-7-5-14(6-8-15)12-20(24)22-18-13-16(27-2)9-10-17(18)23-21(25)19-4-3-11-28-19/h3-11,13H,12H2,1-2H3,(H,22,24)(H,23,25). The van der Waals surface area contributed by atoms with Crippen LogP contribution in [0.1, 0.15) is 16.1 Å². The van der Waals surface area contributed by atoms with E-state index in [9.17, 15) is 9.59 Å². The third-order valence-corrected chi connectivity index (χ3v) is 4.02. The highest BCUT2D eigenvalue weighted by Crippen LogP contribution is 2.28. The highest BCUT2D eigenvalue weighted by Gasteiger charge is 2.14. The second-order valence-electron chi connectivity index (χ2n) is 5.92. The molecule has 0 aliphatic rings. The van der Waals surface area contributed by atoms with Crippen molar-refractivity contribution >= 4 is 23.2 Å². The SMILES string of the molecule is COc1ccc(CC(=O)Nc2cc(OC)ccc2NC(=O)c2ccco2)cc1. The first kappa shape index (κ1) is 19.0. The summed E-state index contributed by atoms with van der Waals surface area (Å²) in [5.74, 6) is 0.801. The van der Waals surface area contributed by atoms with Crippen molar-refractivity contribution in [2.24, 2.45) is 0 Å². The molecule has 0 aliphatic heterocycles. The molecule has 0 saturated heterocycles. The smallest absolute Gasteiger partial charge is 0.291 e. The molecule has 7 nitrogen and oxygen atoms in total. The maximum atomic E-state index is 12.5. The van der Waals surface area contributed by atoms with Crippen LogP contribution in [0.4, 0.5) is 11.4 Å². The number of carbonyl (C=O) groups excluding carboxylic acids is 2. The van der Waals surface area contributed by atoms with E-state index < -0.39 is 5.91 Å². The third-order valence-electron chi connectivity index (χ3n) is 4.02. The van der Waals surface area contributed by atoms with Crippen LogP contribution in [-0.4, -0.2) is 26.0 Å². The number of rotatable bonds is 7. The summed E-state index contributed by atoms with van der Waals surface area (Å²) in [5, 5.41) is 5.55. The molecule has 0 saturated carbocycles. The molecule has 0 radical (unpaired) electrons. The van der Waals surface area contributed by atoms with Crippen LogP contribution in [0.5, 0.6) is 11.5 Å². The van der Waals surface area contributed by atoms with Crippen molar-refractivity contribution in [2.75, 3.05) is 24.9 Å². The minimum Gasteiger partial charge on any atom is -0.497 e. The molecule has 0 unspecified atom stereocenters. The van der Waals surface area contributed by atoms with Crippen molar-refractivity contribution < 1.29 is 23.5 Å². The minimum atomic E-state index is -0.416. The van der Waals surface area contributed by atoms with E-state index in [0.29, 0.717) is 17.1 Å². The normalized spacial score (nSPS) is 10.2. The molecule has 3 aromatic rings. The van der Waals surface area contributed by atoms with Crippen molar-refractivity contribution in [3.8, 4) is 11.5 Å². The molecule has 0 atom stereocenters. The topological polar surface area (TPSA) is 89.8 Å². The molecule has 0 spiro atoms. The first-order chi connectivity index (χ1) is 13.6. The number of ether oxygens (including phenoxy) is 2. The van der Waals surface area contributed by atoms with E-state index in [-0.39, 0.29) is 18.1 Å². The maximum absolute atomic E-state index is 12.5. The number of methoxy groups -OCH3 is 2. The Morgan fingerprint density at radius 3 is 2.25 bits per heavy atom. The fourth-order valence-corrected chi connectivity index (χ4v) is 2.58. The van der Waals surface area contributed by atoms with Gasteiger partial charge in [0.15, 0.2) is 5.76 Å². The Morgan fingerprint density at radius 2 is 1.61 bits per heavy atom. The van der Waals surface area contributed by atoms with Gasteiger partial charge in [0.05, 0.1) is 38.3 Å². The second-order valence-corrected chi connectivity index (χ2v) is 5.92. The first-order valence-electron chi connectivity index (χ1n) is 8.54. The lowest BCUT2D eigenvalue weighted by molar-refractivity contribution is -0.115. The zero-order valence-electron chi connectivity index (χ0n) is 15.5. The highest BCUT2D eigenvalue weighted by atomic mass is 16.5. The molecule has 3 rings (SSSR count). The molecule has 2 aromatic carbocycles. The van der Waals surface area contributed by atoms with Gasteiger partial charge in [-0.25, -0.2) is 0 Å². The Kier molecular flexibility index (Phi) is 5.96. The summed E-state index contributed by atoms with van der Waals surface area (Å²) < 4.78 is 15.4. The minimum absolute atomic E-state index is 0.173.